The highest BCUT2D eigenvalue weighted by Crippen LogP contribution is 2.33. The van der Waals surface area contributed by atoms with Crippen LogP contribution in [-0.2, 0) is 21.7 Å². The van der Waals surface area contributed by atoms with Crippen molar-refractivity contribution in [2.45, 2.75) is 19.0 Å². The molecule has 130 valence electrons. The molecule has 2 heterocycles. The number of rotatable bonds is 5. The van der Waals surface area contributed by atoms with E-state index in [0.29, 0.717) is 16.3 Å². The molecule has 3 rings (SSSR count). The molecule has 1 fully saturated rings. The minimum Gasteiger partial charge on any atom is -0.467 e. The Balaban J connectivity index is 1.71. The third-order valence-corrected chi connectivity index (χ3v) is 4.36. The predicted molar refractivity (Wildman–Crippen MR) is 89.6 cm³/mol. The minimum atomic E-state index is -1.31. The second-order valence-corrected chi connectivity index (χ2v) is 6.19. The first kappa shape index (κ1) is 17.0. The van der Waals surface area contributed by atoms with Crippen LogP contribution in [0.1, 0.15) is 18.2 Å². The quantitative estimate of drug-likeness (QED) is 0.797. The second kappa shape index (κ2) is 6.60. The van der Waals surface area contributed by atoms with Gasteiger partial charge in [0, 0.05) is 10.6 Å². The maximum Gasteiger partial charge on any atom is 0.325 e. The number of nitrogens with one attached hydrogen (secondary N) is 2. The second-order valence-electron chi connectivity index (χ2n) is 5.78. The molecule has 1 aliphatic rings. The van der Waals surface area contributed by atoms with Crippen molar-refractivity contribution in [2.24, 2.45) is 0 Å². The van der Waals surface area contributed by atoms with Crippen LogP contribution < -0.4 is 10.6 Å². The lowest BCUT2D eigenvalue weighted by Gasteiger charge is -2.23. The molecule has 4 amide bonds. The molecule has 2 aromatic rings. The normalized spacial score (nSPS) is 19.8. The van der Waals surface area contributed by atoms with Gasteiger partial charge in [-0.25, -0.2) is 4.79 Å². The smallest absolute Gasteiger partial charge is 0.325 e. The minimum absolute atomic E-state index is 0.178. The van der Waals surface area contributed by atoms with Gasteiger partial charge in [0.05, 0.1) is 12.8 Å². The number of amides is 4. The summed E-state index contributed by atoms with van der Waals surface area (Å²) >= 11 is 6.16. The van der Waals surface area contributed by atoms with Gasteiger partial charge in [0.15, 0.2) is 0 Å². The van der Waals surface area contributed by atoms with Gasteiger partial charge in [-0.15, -0.1) is 0 Å². The van der Waals surface area contributed by atoms with Crippen molar-refractivity contribution >= 4 is 29.4 Å². The van der Waals surface area contributed by atoms with Crippen LogP contribution in [0, 0.1) is 0 Å². The lowest BCUT2D eigenvalue weighted by atomic mass is 9.92. The van der Waals surface area contributed by atoms with Crippen LogP contribution in [-0.4, -0.2) is 29.3 Å². The molecule has 0 spiro atoms. The highest BCUT2D eigenvalue weighted by molar-refractivity contribution is 6.32. The van der Waals surface area contributed by atoms with E-state index in [9.17, 15) is 14.4 Å². The molecule has 1 aliphatic heterocycles. The van der Waals surface area contributed by atoms with Crippen molar-refractivity contribution < 1.29 is 18.8 Å². The first-order chi connectivity index (χ1) is 11.9. The zero-order chi connectivity index (χ0) is 18.0. The summed E-state index contributed by atoms with van der Waals surface area (Å²) in [5, 5.41) is 5.58. The van der Waals surface area contributed by atoms with E-state index in [-0.39, 0.29) is 13.1 Å². The van der Waals surface area contributed by atoms with Crippen LogP contribution in [0.2, 0.25) is 5.02 Å². The molecule has 2 N–H and O–H groups in total. The van der Waals surface area contributed by atoms with E-state index in [1.165, 1.54) is 6.26 Å². The number of carbonyl (C=O) groups excluding carboxylic acids is 3. The van der Waals surface area contributed by atoms with Crippen molar-refractivity contribution in [1.82, 2.24) is 15.5 Å². The van der Waals surface area contributed by atoms with E-state index in [1.807, 2.05) is 0 Å². The number of halogens is 1. The standard InChI is InChI=1S/C17H16ClN3O4/c1-17(12-6-2-3-7-13(12)18)15(23)21(16(24)20-17)10-14(22)19-9-11-5-4-8-25-11/h2-8H,9-10H2,1H3,(H,19,22)(H,20,24)/t17-/m0/s1. The molecule has 1 aromatic carbocycles. The number of furan rings is 1. The van der Waals surface area contributed by atoms with Crippen LogP contribution >= 0.6 is 11.6 Å². The lowest BCUT2D eigenvalue weighted by molar-refractivity contribution is -0.134. The van der Waals surface area contributed by atoms with E-state index >= 15 is 0 Å². The summed E-state index contributed by atoms with van der Waals surface area (Å²) in [7, 11) is 0. The van der Waals surface area contributed by atoms with Crippen molar-refractivity contribution in [3.8, 4) is 0 Å². The van der Waals surface area contributed by atoms with Crippen LogP contribution in [0.15, 0.2) is 47.1 Å². The number of urea groups is 1. The van der Waals surface area contributed by atoms with Crippen molar-refractivity contribution in [1.29, 1.82) is 0 Å². The number of hydrogen-bond acceptors (Lipinski definition) is 4. The van der Waals surface area contributed by atoms with Gasteiger partial charge >= 0.3 is 6.03 Å². The van der Waals surface area contributed by atoms with Crippen molar-refractivity contribution in [3.05, 3.63) is 59.0 Å². The van der Waals surface area contributed by atoms with Crippen molar-refractivity contribution in [2.75, 3.05) is 6.54 Å². The first-order valence-corrected chi connectivity index (χ1v) is 7.98. The number of carbonyl (C=O) groups is 3. The van der Waals surface area contributed by atoms with E-state index in [0.717, 1.165) is 4.90 Å². The monoisotopic (exact) mass is 361 g/mol. The first-order valence-electron chi connectivity index (χ1n) is 7.60. The Hall–Kier alpha value is -2.80. The molecule has 7 nitrogen and oxygen atoms in total. The van der Waals surface area contributed by atoms with E-state index < -0.39 is 23.4 Å². The summed E-state index contributed by atoms with van der Waals surface area (Å²) in [6, 6.07) is 9.54. The Kier molecular flexibility index (Phi) is 4.50. The fourth-order valence-corrected chi connectivity index (χ4v) is 3.01. The third kappa shape index (κ3) is 3.23. The van der Waals surface area contributed by atoms with E-state index in [1.54, 1.807) is 43.3 Å². The SMILES string of the molecule is C[C@@]1(c2ccccc2Cl)NC(=O)N(CC(=O)NCc2ccco2)C1=O. The molecule has 0 aliphatic carbocycles. The molecule has 0 radical (unpaired) electrons. The summed E-state index contributed by atoms with van der Waals surface area (Å²) in [6.07, 6.45) is 1.49. The molecule has 1 saturated heterocycles. The van der Waals surface area contributed by atoms with Crippen LogP contribution in [0.5, 0.6) is 0 Å². The van der Waals surface area contributed by atoms with Gasteiger partial charge in [-0.05, 0) is 25.1 Å². The maximum atomic E-state index is 12.7. The van der Waals surface area contributed by atoms with Gasteiger partial charge in [0.25, 0.3) is 5.91 Å². The lowest BCUT2D eigenvalue weighted by Crippen LogP contribution is -2.43. The third-order valence-electron chi connectivity index (χ3n) is 4.03. The van der Waals surface area contributed by atoms with Crippen LogP contribution in [0.4, 0.5) is 4.79 Å². The predicted octanol–water partition coefficient (Wildman–Crippen LogP) is 2.02. The molecule has 25 heavy (non-hydrogen) atoms. The highest BCUT2D eigenvalue weighted by atomic mass is 35.5. The average Bonchev–Trinajstić information content (AvgIpc) is 3.17. The number of hydrogen-bond donors (Lipinski definition) is 2. The molecular weight excluding hydrogens is 346 g/mol. The molecular formula is C17H16ClN3O4. The molecule has 1 atom stereocenters. The molecule has 0 bridgehead atoms. The Morgan fingerprint density at radius 3 is 2.72 bits per heavy atom. The Bertz CT molecular complexity index is 821. The Morgan fingerprint density at radius 1 is 1.28 bits per heavy atom. The van der Waals surface area contributed by atoms with Gasteiger partial charge in [-0.1, -0.05) is 29.8 Å². The fraction of sp³-hybridized carbons (Fsp3) is 0.235. The summed E-state index contributed by atoms with van der Waals surface area (Å²) in [4.78, 5) is 37.9. The van der Waals surface area contributed by atoms with Crippen LogP contribution in [0.25, 0.3) is 0 Å². The summed E-state index contributed by atoms with van der Waals surface area (Å²) in [6.45, 7) is 1.36. The maximum absolute atomic E-state index is 12.7. The van der Waals surface area contributed by atoms with Gasteiger partial charge in [0.1, 0.15) is 17.8 Å². The Labute approximate surface area is 148 Å². The highest BCUT2D eigenvalue weighted by Gasteiger charge is 2.50. The zero-order valence-electron chi connectivity index (χ0n) is 13.4. The van der Waals surface area contributed by atoms with Gasteiger partial charge in [-0.2, -0.15) is 0 Å². The Morgan fingerprint density at radius 2 is 2.04 bits per heavy atom. The van der Waals surface area contributed by atoms with Crippen molar-refractivity contribution in [3.63, 3.8) is 0 Å². The molecule has 0 saturated carbocycles. The van der Waals surface area contributed by atoms with Crippen LogP contribution in [0.3, 0.4) is 0 Å². The molecule has 1 aromatic heterocycles. The number of benzene rings is 1. The van der Waals surface area contributed by atoms with Gasteiger partial charge in [0.2, 0.25) is 5.91 Å². The zero-order valence-corrected chi connectivity index (χ0v) is 14.2. The fourth-order valence-electron chi connectivity index (χ4n) is 2.69. The summed E-state index contributed by atoms with van der Waals surface area (Å²) < 4.78 is 5.11. The molecule has 0 unspecified atom stereocenters. The number of nitrogens with zero attached hydrogens (tertiary/aromatic N) is 1. The average molecular weight is 362 g/mol. The van der Waals surface area contributed by atoms with Gasteiger partial charge < -0.3 is 15.1 Å². The summed E-state index contributed by atoms with van der Waals surface area (Å²) in [5.41, 5.74) is -0.829. The van der Waals surface area contributed by atoms with Gasteiger partial charge in [-0.3, -0.25) is 14.5 Å². The van der Waals surface area contributed by atoms with E-state index in [4.69, 9.17) is 16.0 Å². The number of imide groups is 1. The molecule has 8 heteroatoms. The van der Waals surface area contributed by atoms with E-state index in [2.05, 4.69) is 10.6 Å². The largest absolute Gasteiger partial charge is 0.467 e. The summed E-state index contributed by atoms with van der Waals surface area (Å²) in [5.74, 6) is -0.423. The topological polar surface area (TPSA) is 91.7 Å².